The number of benzene rings is 1. The van der Waals surface area contributed by atoms with E-state index in [1.165, 1.54) is 0 Å². The summed E-state index contributed by atoms with van der Waals surface area (Å²) in [5.41, 5.74) is 0.961. The van der Waals surface area contributed by atoms with Gasteiger partial charge in [-0.1, -0.05) is 0 Å². The molecule has 0 heterocycles. The molecule has 0 aliphatic rings. The van der Waals surface area contributed by atoms with Crippen LogP contribution >= 0.6 is 15.9 Å². The van der Waals surface area contributed by atoms with Crippen molar-refractivity contribution < 1.29 is 9.47 Å². The lowest BCUT2D eigenvalue weighted by Crippen LogP contribution is -2.00. The zero-order valence-electron chi connectivity index (χ0n) is 8.56. The van der Waals surface area contributed by atoms with Gasteiger partial charge in [0, 0.05) is 12.6 Å². The minimum atomic E-state index is 0.767. The molecular formula is C10H14BrNO2. The van der Waals surface area contributed by atoms with Gasteiger partial charge in [-0.2, -0.15) is 0 Å². The monoisotopic (exact) mass is 259 g/mol. The van der Waals surface area contributed by atoms with E-state index in [1.54, 1.807) is 14.2 Å². The van der Waals surface area contributed by atoms with Crippen LogP contribution in [0.3, 0.4) is 0 Å². The third kappa shape index (κ3) is 2.32. The van der Waals surface area contributed by atoms with Crippen LogP contribution in [0.25, 0.3) is 0 Å². The molecule has 0 radical (unpaired) electrons. The Balaban J connectivity index is 3.10. The van der Waals surface area contributed by atoms with Crippen LogP contribution in [-0.4, -0.2) is 20.8 Å². The van der Waals surface area contributed by atoms with Crippen molar-refractivity contribution >= 4 is 21.6 Å². The summed E-state index contributed by atoms with van der Waals surface area (Å²) in [6.45, 7) is 2.90. The number of ether oxygens (including phenoxy) is 2. The Morgan fingerprint density at radius 2 is 1.86 bits per heavy atom. The summed E-state index contributed by atoms with van der Waals surface area (Å²) >= 11 is 3.42. The molecule has 0 amide bonds. The van der Waals surface area contributed by atoms with Gasteiger partial charge in [0.1, 0.15) is 11.5 Å². The minimum absolute atomic E-state index is 0.767. The molecule has 4 heteroatoms. The summed E-state index contributed by atoms with van der Waals surface area (Å²) in [6.07, 6.45) is 0. The van der Waals surface area contributed by atoms with Crippen LogP contribution in [0.15, 0.2) is 16.6 Å². The van der Waals surface area contributed by atoms with Gasteiger partial charge >= 0.3 is 0 Å². The second kappa shape index (κ2) is 5.10. The van der Waals surface area contributed by atoms with Crippen molar-refractivity contribution in [2.75, 3.05) is 26.1 Å². The van der Waals surface area contributed by atoms with Gasteiger partial charge in [-0.15, -0.1) is 0 Å². The predicted molar refractivity (Wildman–Crippen MR) is 61.4 cm³/mol. The fourth-order valence-electron chi connectivity index (χ4n) is 1.19. The summed E-state index contributed by atoms with van der Waals surface area (Å²) in [5.74, 6) is 1.55. The Bertz CT molecular complexity index is 315. The second-order valence-electron chi connectivity index (χ2n) is 2.72. The molecule has 0 spiro atoms. The Morgan fingerprint density at radius 1 is 1.21 bits per heavy atom. The van der Waals surface area contributed by atoms with Crippen LogP contribution in [0.4, 0.5) is 5.69 Å². The molecule has 0 aromatic heterocycles. The van der Waals surface area contributed by atoms with Crippen molar-refractivity contribution in [3.05, 3.63) is 16.6 Å². The first-order chi connectivity index (χ1) is 6.72. The fourth-order valence-corrected chi connectivity index (χ4v) is 1.69. The van der Waals surface area contributed by atoms with Crippen molar-refractivity contribution in [3.8, 4) is 11.5 Å². The zero-order chi connectivity index (χ0) is 10.6. The molecule has 0 atom stereocenters. The molecule has 0 aliphatic carbocycles. The summed E-state index contributed by atoms with van der Waals surface area (Å²) in [4.78, 5) is 0. The first-order valence-corrected chi connectivity index (χ1v) is 5.17. The fraction of sp³-hybridized carbons (Fsp3) is 0.400. The molecule has 0 saturated carbocycles. The molecular weight excluding hydrogens is 246 g/mol. The molecule has 1 aromatic rings. The smallest absolute Gasteiger partial charge is 0.145 e. The van der Waals surface area contributed by atoms with Gasteiger partial charge in [-0.3, -0.25) is 0 Å². The SMILES string of the molecule is CCNc1cc(Br)c(OC)cc1OC. The lowest BCUT2D eigenvalue weighted by molar-refractivity contribution is 0.393. The van der Waals surface area contributed by atoms with Crippen molar-refractivity contribution in [1.82, 2.24) is 0 Å². The quantitative estimate of drug-likeness (QED) is 0.902. The van der Waals surface area contributed by atoms with Gasteiger partial charge in [-0.25, -0.2) is 0 Å². The Labute approximate surface area is 92.5 Å². The zero-order valence-corrected chi connectivity index (χ0v) is 10.1. The van der Waals surface area contributed by atoms with E-state index in [1.807, 2.05) is 19.1 Å². The Hall–Kier alpha value is -0.900. The molecule has 0 fully saturated rings. The topological polar surface area (TPSA) is 30.5 Å². The minimum Gasteiger partial charge on any atom is -0.495 e. The molecule has 0 aliphatic heterocycles. The summed E-state index contributed by atoms with van der Waals surface area (Å²) in [6, 6.07) is 3.79. The highest BCUT2D eigenvalue weighted by atomic mass is 79.9. The van der Waals surface area contributed by atoms with Crippen molar-refractivity contribution in [1.29, 1.82) is 0 Å². The van der Waals surface area contributed by atoms with Gasteiger partial charge in [0.05, 0.1) is 24.4 Å². The number of methoxy groups -OCH3 is 2. The van der Waals surface area contributed by atoms with Crippen molar-refractivity contribution in [2.45, 2.75) is 6.92 Å². The van der Waals surface area contributed by atoms with Crippen molar-refractivity contribution in [2.24, 2.45) is 0 Å². The summed E-state index contributed by atoms with van der Waals surface area (Å²) < 4.78 is 11.3. The van der Waals surface area contributed by atoms with E-state index in [4.69, 9.17) is 9.47 Å². The van der Waals surface area contributed by atoms with Crippen LogP contribution in [0, 0.1) is 0 Å². The van der Waals surface area contributed by atoms with Crippen LogP contribution in [0.1, 0.15) is 6.92 Å². The molecule has 0 unspecified atom stereocenters. The van der Waals surface area contributed by atoms with E-state index in [0.717, 1.165) is 28.2 Å². The highest BCUT2D eigenvalue weighted by Gasteiger charge is 2.08. The molecule has 1 rings (SSSR count). The molecule has 78 valence electrons. The number of halogens is 1. The van der Waals surface area contributed by atoms with E-state index in [9.17, 15) is 0 Å². The van der Waals surface area contributed by atoms with Crippen LogP contribution in [-0.2, 0) is 0 Å². The molecule has 0 saturated heterocycles. The van der Waals surface area contributed by atoms with Crippen molar-refractivity contribution in [3.63, 3.8) is 0 Å². The Morgan fingerprint density at radius 3 is 2.36 bits per heavy atom. The third-order valence-corrected chi connectivity index (χ3v) is 2.46. The largest absolute Gasteiger partial charge is 0.495 e. The third-order valence-electron chi connectivity index (χ3n) is 1.84. The Kier molecular flexibility index (Phi) is 4.07. The standard InChI is InChI=1S/C10H14BrNO2/c1-4-12-8-5-7(11)9(13-2)6-10(8)14-3/h5-6,12H,4H2,1-3H3. The lowest BCUT2D eigenvalue weighted by atomic mass is 10.2. The summed E-state index contributed by atoms with van der Waals surface area (Å²) in [7, 11) is 3.27. The summed E-state index contributed by atoms with van der Waals surface area (Å²) in [5, 5.41) is 3.21. The van der Waals surface area contributed by atoms with Gasteiger partial charge in [0.15, 0.2) is 0 Å². The number of nitrogens with one attached hydrogen (secondary N) is 1. The van der Waals surface area contributed by atoms with Gasteiger partial charge in [0.25, 0.3) is 0 Å². The maximum absolute atomic E-state index is 5.23. The number of hydrogen-bond donors (Lipinski definition) is 1. The van der Waals surface area contributed by atoms with Crippen LogP contribution in [0.2, 0.25) is 0 Å². The van der Waals surface area contributed by atoms with E-state index in [-0.39, 0.29) is 0 Å². The van der Waals surface area contributed by atoms with Gasteiger partial charge in [-0.05, 0) is 28.9 Å². The average molecular weight is 260 g/mol. The van der Waals surface area contributed by atoms with E-state index >= 15 is 0 Å². The lowest BCUT2D eigenvalue weighted by Gasteiger charge is -2.12. The highest BCUT2D eigenvalue weighted by molar-refractivity contribution is 9.10. The molecule has 1 N–H and O–H groups in total. The normalized spacial score (nSPS) is 9.71. The number of hydrogen-bond acceptors (Lipinski definition) is 3. The van der Waals surface area contributed by atoms with Gasteiger partial charge < -0.3 is 14.8 Å². The molecule has 3 nitrogen and oxygen atoms in total. The van der Waals surface area contributed by atoms with Gasteiger partial charge in [0.2, 0.25) is 0 Å². The van der Waals surface area contributed by atoms with Crippen LogP contribution < -0.4 is 14.8 Å². The maximum atomic E-state index is 5.23. The van der Waals surface area contributed by atoms with E-state index < -0.39 is 0 Å². The van der Waals surface area contributed by atoms with E-state index in [2.05, 4.69) is 21.2 Å². The number of rotatable bonds is 4. The maximum Gasteiger partial charge on any atom is 0.145 e. The molecule has 1 aromatic carbocycles. The second-order valence-corrected chi connectivity index (χ2v) is 3.57. The first kappa shape index (κ1) is 11.2. The molecule has 14 heavy (non-hydrogen) atoms. The van der Waals surface area contributed by atoms with E-state index in [0.29, 0.717) is 0 Å². The average Bonchev–Trinajstić information content (AvgIpc) is 2.19. The highest BCUT2D eigenvalue weighted by Crippen LogP contribution is 2.35. The molecule has 0 bridgehead atoms. The number of anilines is 1. The predicted octanol–water partition coefficient (Wildman–Crippen LogP) is 2.90. The first-order valence-electron chi connectivity index (χ1n) is 4.38. The van der Waals surface area contributed by atoms with Crippen LogP contribution in [0.5, 0.6) is 11.5 Å².